The summed E-state index contributed by atoms with van der Waals surface area (Å²) < 4.78 is -1.41. The van der Waals surface area contributed by atoms with Crippen LogP contribution in [-0.2, 0) is 13.7 Å². The first kappa shape index (κ1) is 25.4. The van der Waals surface area contributed by atoms with Crippen molar-refractivity contribution in [1.82, 2.24) is 0 Å². The fourth-order valence-corrected chi connectivity index (χ4v) is 8.78. The van der Waals surface area contributed by atoms with E-state index in [9.17, 15) is 14.9 Å². The highest BCUT2D eigenvalue weighted by Crippen LogP contribution is 2.70. The van der Waals surface area contributed by atoms with Crippen LogP contribution in [-0.4, -0.2) is 15.8 Å². The van der Waals surface area contributed by atoms with Crippen molar-refractivity contribution < 1.29 is 9.72 Å². The van der Waals surface area contributed by atoms with E-state index in [2.05, 4.69) is 80.6 Å². The van der Waals surface area contributed by atoms with Crippen molar-refractivity contribution in [3.8, 4) is 0 Å². The number of nitrogens with zero attached hydrogens (tertiary/aromatic N) is 3. The molecule has 0 aliphatic carbocycles. The van der Waals surface area contributed by atoms with Crippen LogP contribution in [0.3, 0.4) is 0 Å². The predicted molar refractivity (Wildman–Crippen MR) is 159 cm³/mol. The fraction of sp³-hybridized carbons (Fsp3) is 0.161. The number of non-ortho nitro benzene ring substituents is 1. The van der Waals surface area contributed by atoms with E-state index in [0.717, 1.165) is 22.3 Å². The molecule has 0 fully saturated rings. The average Bonchev–Trinajstić information content (AvgIpc) is 3.47. The summed E-state index contributed by atoms with van der Waals surface area (Å²) in [5.74, 6) is -0.120. The monoisotopic (exact) mass is 551 g/mol. The molecule has 6 rings (SSSR count). The zero-order valence-electron chi connectivity index (χ0n) is 21.6. The molecule has 2 heterocycles. The third-order valence-electron chi connectivity index (χ3n) is 7.17. The Hall–Kier alpha value is -3.88. The molecule has 1 atom stereocenters. The van der Waals surface area contributed by atoms with Crippen molar-refractivity contribution in [2.45, 2.75) is 29.7 Å². The number of carbonyl (C=O) groups excluding carboxylic acids is 1. The number of aryl methyl sites for hydroxylation is 2. The molecule has 8 heteroatoms. The molecule has 2 aliphatic rings. The van der Waals surface area contributed by atoms with Crippen LogP contribution < -0.4 is 5.01 Å². The molecule has 4 aromatic carbocycles. The lowest BCUT2D eigenvalue weighted by Crippen LogP contribution is -2.34. The third-order valence-corrected chi connectivity index (χ3v) is 10.6. The van der Waals surface area contributed by atoms with Gasteiger partial charge in [-0.3, -0.25) is 14.9 Å². The van der Waals surface area contributed by atoms with Gasteiger partial charge in [0, 0.05) is 24.6 Å². The molecule has 194 valence electrons. The van der Waals surface area contributed by atoms with Gasteiger partial charge in [-0.2, -0.15) is 5.10 Å². The van der Waals surface area contributed by atoms with Gasteiger partial charge < -0.3 is 0 Å². The Morgan fingerprint density at radius 2 is 1.36 bits per heavy atom. The Balaban J connectivity index is 1.62. The van der Waals surface area contributed by atoms with E-state index >= 15 is 0 Å². The first-order valence-corrected chi connectivity index (χ1v) is 14.2. The molecule has 0 unspecified atom stereocenters. The Labute approximate surface area is 235 Å². The number of fused-ring (bicyclic) bond motifs is 2. The maximum absolute atomic E-state index is 12.7. The van der Waals surface area contributed by atoms with Gasteiger partial charge in [-0.05, 0) is 42.7 Å². The van der Waals surface area contributed by atoms with Gasteiger partial charge in [0.15, 0.2) is 15.0 Å². The lowest BCUT2D eigenvalue weighted by Gasteiger charge is -2.37. The Kier molecular flexibility index (Phi) is 6.12. The second-order valence-electron chi connectivity index (χ2n) is 9.79. The number of hydrazone groups is 1. The molecule has 0 saturated heterocycles. The lowest BCUT2D eigenvalue weighted by atomic mass is 9.81. The summed E-state index contributed by atoms with van der Waals surface area (Å²) in [5, 5.41) is 18.4. The standard InChI is InChI=1S/C31H25N3O3S2/c1-20-8-12-23(13-9-20)30(24-14-10-21(2)11-15-24)27-6-4-5-7-28(27)31(39-30)33(32-29(38-31)22(3)35)25-16-18-26(19-17-25)34(36)37/h4-19H,1-3H3/t31-/m0/s1. The number of Topliss-reactive ketones (excluding diaryl/α,β-unsaturated/α-hetero) is 1. The van der Waals surface area contributed by atoms with Crippen LogP contribution in [0.4, 0.5) is 11.4 Å². The van der Waals surface area contributed by atoms with Gasteiger partial charge in [0.05, 0.1) is 15.4 Å². The van der Waals surface area contributed by atoms with Crippen LogP contribution in [0, 0.1) is 24.0 Å². The van der Waals surface area contributed by atoms with Crippen LogP contribution in [0.1, 0.15) is 40.3 Å². The maximum Gasteiger partial charge on any atom is 0.269 e. The summed E-state index contributed by atoms with van der Waals surface area (Å²) in [6.45, 7) is 5.68. The topological polar surface area (TPSA) is 75.8 Å². The summed E-state index contributed by atoms with van der Waals surface area (Å²) in [4.78, 5) is 23.6. The Morgan fingerprint density at radius 1 is 0.821 bits per heavy atom. The van der Waals surface area contributed by atoms with Gasteiger partial charge in [0.25, 0.3) is 5.69 Å². The number of nitro benzene ring substituents is 1. The highest BCUT2D eigenvalue weighted by Gasteiger charge is 2.61. The summed E-state index contributed by atoms with van der Waals surface area (Å²) in [7, 11) is 0. The smallest absolute Gasteiger partial charge is 0.269 e. The highest BCUT2D eigenvalue weighted by molar-refractivity contribution is 8.27. The summed E-state index contributed by atoms with van der Waals surface area (Å²) in [6.07, 6.45) is 0. The fourth-order valence-electron chi connectivity index (χ4n) is 5.23. The van der Waals surface area contributed by atoms with Crippen LogP contribution in [0.25, 0.3) is 0 Å². The SMILES string of the molecule is CC(=O)C1=NN(c2ccc([N+](=O)[O-])cc2)[C@@]2(S1)SC(c1ccc(C)cc1)(c1ccc(C)cc1)c1ccccc12. The summed E-state index contributed by atoms with van der Waals surface area (Å²) >= 11 is 3.18. The van der Waals surface area contributed by atoms with Gasteiger partial charge in [-0.15, -0.1) is 0 Å². The molecule has 6 nitrogen and oxygen atoms in total. The second-order valence-corrected chi connectivity index (χ2v) is 12.6. The number of anilines is 1. The second kappa shape index (κ2) is 9.39. The zero-order chi connectivity index (χ0) is 27.4. The third kappa shape index (κ3) is 3.97. The quantitative estimate of drug-likeness (QED) is 0.189. The molecule has 0 aromatic heterocycles. The molecular formula is C31H25N3O3S2. The Bertz CT molecular complexity index is 1590. The van der Waals surface area contributed by atoms with E-state index in [1.807, 2.05) is 11.1 Å². The zero-order valence-corrected chi connectivity index (χ0v) is 23.3. The van der Waals surface area contributed by atoms with Crippen LogP contribution in [0.5, 0.6) is 0 Å². The molecule has 0 bridgehead atoms. The van der Waals surface area contributed by atoms with E-state index < -0.39 is 13.9 Å². The van der Waals surface area contributed by atoms with Crippen molar-refractivity contribution in [3.63, 3.8) is 0 Å². The number of nitro groups is 1. The minimum absolute atomic E-state index is 0.00329. The largest absolute Gasteiger partial charge is 0.292 e. The molecule has 0 saturated carbocycles. The minimum atomic E-state index is -0.816. The molecule has 1 spiro atoms. The van der Waals surface area contributed by atoms with Crippen molar-refractivity contribution in [2.24, 2.45) is 5.10 Å². The van der Waals surface area contributed by atoms with E-state index in [1.165, 1.54) is 41.9 Å². The Morgan fingerprint density at radius 3 is 1.87 bits per heavy atom. The number of hydrogen-bond acceptors (Lipinski definition) is 7. The molecule has 0 N–H and O–H groups in total. The highest BCUT2D eigenvalue weighted by atomic mass is 32.2. The van der Waals surface area contributed by atoms with E-state index in [1.54, 1.807) is 23.9 Å². The van der Waals surface area contributed by atoms with Crippen molar-refractivity contribution in [2.75, 3.05) is 5.01 Å². The number of rotatable bonds is 5. The summed E-state index contributed by atoms with van der Waals surface area (Å²) in [6, 6.07) is 32.0. The van der Waals surface area contributed by atoms with Crippen molar-refractivity contribution in [3.05, 3.63) is 141 Å². The molecule has 39 heavy (non-hydrogen) atoms. The van der Waals surface area contributed by atoms with Gasteiger partial charge in [-0.1, -0.05) is 107 Å². The molecule has 0 amide bonds. The maximum atomic E-state index is 12.7. The van der Waals surface area contributed by atoms with E-state index in [-0.39, 0.29) is 11.5 Å². The van der Waals surface area contributed by atoms with Gasteiger partial charge in [-0.25, -0.2) is 5.01 Å². The first-order chi connectivity index (χ1) is 18.7. The normalized spacial score (nSPS) is 19.2. The van der Waals surface area contributed by atoms with E-state index in [0.29, 0.717) is 10.7 Å². The molecule has 4 aromatic rings. The lowest BCUT2D eigenvalue weighted by molar-refractivity contribution is -0.384. The van der Waals surface area contributed by atoms with E-state index in [4.69, 9.17) is 5.10 Å². The van der Waals surface area contributed by atoms with Gasteiger partial charge in [0.1, 0.15) is 0 Å². The van der Waals surface area contributed by atoms with Gasteiger partial charge in [0.2, 0.25) is 0 Å². The predicted octanol–water partition coefficient (Wildman–Crippen LogP) is 7.52. The molecule has 2 aliphatic heterocycles. The minimum Gasteiger partial charge on any atom is -0.292 e. The number of benzene rings is 4. The molecule has 0 radical (unpaired) electrons. The summed E-state index contributed by atoms with van der Waals surface area (Å²) in [5.41, 5.74) is 7.46. The number of hydrogen-bond donors (Lipinski definition) is 0. The number of thioether (sulfide) groups is 2. The molecular weight excluding hydrogens is 526 g/mol. The number of carbonyl (C=O) groups is 1. The average molecular weight is 552 g/mol. The van der Waals surface area contributed by atoms with Crippen molar-refractivity contribution in [1.29, 1.82) is 0 Å². The first-order valence-electron chi connectivity index (χ1n) is 12.5. The number of ketones is 1. The van der Waals surface area contributed by atoms with Gasteiger partial charge >= 0.3 is 0 Å². The van der Waals surface area contributed by atoms with Crippen LogP contribution >= 0.6 is 23.5 Å². The van der Waals surface area contributed by atoms with Crippen molar-refractivity contribution >= 4 is 45.7 Å². The van der Waals surface area contributed by atoms with Crippen LogP contribution in [0.2, 0.25) is 0 Å². The van der Waals surface area contributed by atoms with Crippen LogP contribution in [0.15, 0.2) is 102 Å².